The molecule has 0 N–H and O–H groups in total. The maximum absolute atomic E-state index is 12.2. The van der Waals surface area contributed by atoms with Crippen molar-refractivity contribution in [1.29, 1.82) is 0 Å². The van der Waals surface area contributed by atoms with Crippen LogP contribution in [0.15, 0.2) is 59.6 Å². The van der Waals surface area contributed by atoms with Crippen molar-refractivity contribution >= 4 is 33.5 Å². The summed E-state index contributed by atoms with van der Waals surface area (Å²) in [6, 6.07) is 8.98. The van der Waals surface area contributed by atoms with Crippen molar-refractivity contribution in [2.75, 3.05) is 13.7 Å². The molecule has 26 heavy (non-hydrogen) atoms. The molecule has 0 saturated carbocycles. The van der Waals surface area contributed by atoms with Gasteiger partial charge in [-0.05, 0) is 51.8 Å². The first-order valence-corrected chi connectivity index (χ1v) is 8.33. The van der Waals surface area contributed by atoms with Crippen molar-refractivity contribution < 1.29 is 19.2 Å². The Labute approximate surface area is 159 Å². The number of rotatable bonds is 8. The number of nitrogens with zero attached hydrogens (tertiary/aromatic N) is 1. The van der Waals surface area contributed by atoms with Crippen molar-refractivity contribution in [2.24, 2.45) is 0 Å². The minimum atomic E-state index is -0.510. The highest BCUT2D eigenvalue weighted by Crippen LogP contribution is 2.37. The third-order valence-electron chi connectivity index (χ3n) is 3.39. The summed E-state index contributed by atoms with van der Waals surface area (Å²) in [4.78, 5) is 22.4. The number of ether oxygens (including phenoxy) is 2. The molecule has 7 heteroatoms. The Morgan fingerprint density at radius 2 is 2.00 bits per heavy atom. The normalized spacial score (nSPS) is 10.5. The number of carbonyl (C=O) groups is 1. The third kappa shape index (κ3) is 4.80. The molecule has 0 aromatic heterocycles. The lowest BCUT2D eigenvalue weighted by molar-refractivity contribution is -0.384. The summed E-state index contributed by atoms with van der Waals surface area (Å²) >= 11 is 3.42. The van der Waals surface area contributed by atoms with Gasteiger partial charge in [-0.1, -0.05) is 18.7 Å². The summed E-state index contributed by atoms with van der Waals surface area (Å²) in [5, 5.41) is 10.7. The molecule has 0 unspecified atom stereocenters. The van der Waals surface area contributed by atoms with E-state index < -0.39 is 4.92 Å². The zero-order valence-corrected chi connectivity index (χ0v) is 15.6. The number of methoxy groups -OCH3 is 1. The number of non-ortho nitro benzene ring substituents is 1. The minimum Gasteiger partial charge on any atom is -0.493 e. The Bertz CT molecular complexity index is 859. The first kappa shape index (κ1) is 19.4. The summed E-state index contributed by atoms with van der Waals surface area (Å²) in [5.41, 5.74) is 1.04. The van der Waals surface area contributed by atoms with Gasteiger partial charge in [0.05, 0.1) is 16.5 Å². The van der Waals surface area contributed by atoms with E-state index in [4.69, 9.17) is 9.47 Å². The highest BCUT2D eigenvalue weighted by molar-refractivity contribution is 9.10. The molecule has 0 heterocycles. The largest absolute Gasteiger partial charge is 0.493 e. The van der Waals surface area contributed by atoms with Gasteiger partial charge >= 0.3 is 0 Å². The van der Waals surface area contributed by atoms with Crippen LogP contribution in [0.1, 0.15) is 15.9 Å². The van der Waals surface area contributed by atoms with Gasteiger partial charge in [-0.3, -0.25) is 14.9 Å². The number of benzene rings is 2. The summed E-state index contributed by atoms with van der Waals surface area (Å²) in [6.07, 6.45) is 4.66. The van der Waals surface area contributed by atoms with Crippen molar-refractivity contribution in [2.45, 2.75) is 0 Å². The van der Waals surface area contributed by atoms with E-state index in [1.807, 2.05) is 0 Å². The molecule has 0 spiro atoms. The van der Waals surface area contributed by atoms with Crippen LogP contribution in [0.5, 0.6) is 11.5 Å². The SMILES string of the molecule is C=CCOc1c(Br)cc(/C=C/C(=O)c2ccc([N+](=O)[O-])cc2)cc1OC. The number of hydrogen-bond donors (Lipinski definition) is 0. The van der Waals surface area contributed by atoms with Gasteiger partial charge in [-0.25, -0.2) is 0 Å². The maximum atomic E-state index is 12.2. The van der Waals surface area contributed by atoms with Crippen LogP contribution in [0.25, 0.3) is 6.08 Å². The number of nitro groups is 1. The summed E-state index contributed by atoms with van der Waals surface area (Å²) in [7, 11) is 1.53. The fraction of sp³-hybridized carbons (Fsp3) is 0.105. The zero-order valence-electron chi connectivity index (χ0n) is 14.0. The molecule has 134 valence electrons. The standard InChI is InChI=1S/C19H16BrNO5/c1-3-10-26-19-16(20)11-13(12-18(19)25-2)4-9-17(22)14-5-7-15(8-6-14)21(23)24/h3-9,11-12H,1,10H2,2H3/b9-4+. The van der Waals surface area contributed by atoms with Gasteiger partial charge in [0.1, 0.15) is 6.61 Å². The smallest absolute Gasteiger partial charge is 0.269 e. The van der Waals surface area contributed by atoms with Gasteiger partial charge in [-0.2, -0.15) is 0 Å². The van der Waals surface area contributed by atoms with Crippen molar-refractivity contribution in [3.63, 3.8) is 0 Å². The Morgan fingerprint density at radius 3 is 2.58 bits per heavy atom. The Balaban J connectivity index is 2.21. The molecule has 0 saturated heterocycles. The van der Waals surface area contributed by atoms with Crippen molar-refractivity contribution in [3.05, 3.63) is 80.8 Å². The van der Waals surface area contributed by atoms with Crippen molar-refractivity contribution in [3.8, 4) is 11.5 Å². The fourth-order valence-electron chi connectivity index (χ4n) is 2.13. The third-order valence-corrected chi connectivity index (χ3v) is 3.98. The summed E-state index contributed by atoms with van der Waals surface area (Å²) in [5.74, 6) is 0.803. The second-order valence-electron chi connectivity index (χ2n) is 5.14. The van der Waals surface area contributed by atoms with Crippen molar-refractivity contribution in [1.82, 2.24) is 0 Å². The molecule has 6 nitrogen and oxygen atoms in total. The molecule has 0 amide bonds. The summed E-state index contributed by atoms with van der Waals surface area (Å²) in [6.45, 7) is 3.94. The average molecular weight is 418 g/mol. The van der Waals surface area contributed by atoms with Gasteiger partial charge in [0.15, 0.2) is 17.3 Å². The molecule has 0 radical (unpaired) electrons. The highest BCUT2D eigenvalue weighted by Gasteiger charge is 2.11. The predicted octanol–water partition coefficient (Wildman–Crippen LogP) is 4.83. The van der Waals surface area contributed by atoms with E-state index in [9.17, 15) is 14.9 Å². The maximum Gasteiger partial charge on any atom is 0.269 e. The molecule has 0 aliphatic heterocycles. The lowest BCUT2D eigenvalue weighted by Crippen LogP contribution is -1.98. The Kier molecular flexibility index (Phi) is 6.68. The van der Waals surface area contributed by atoms with Crippen LogP contribution >= 0.6 is 15.9 Å². The molecule has 0 aliphatic rings. The first-order chi connectivity index (χ1) is 12.5. The number of hydrogen-bond acceptors (Lipinski definition) is 5. The van der Waals surface area contributed by atoms with E-state index in [0.717, 1.165) is 5.56 Å². The average Bonchev–Trinajstić information content (AvgIpc) is 2.64. The monoisotopic (exact) mass is 417 g/mol. The molecule has 0 fully saturated rings. The van der Waals surface area contributed by atoms with Crippen LogP contribution in [-0.4, -0.2) is 24.4 Å². The van der Waals surface area contributed by atoms with Crippen LogP contribution < -0.4 is 9.47 Å². The van der Waals surface area contributed by atoms with Gasteiger partial charge < -0.3 is 9.47 Å². The fourth-order valence-corrected chi connectivity index (χ4v) is 2.71. The topological polar surface area (TPSA) is 78.7 Å². The van der Waals surface area contributed by atoms with E-state index in [1.165, 1.54) is 37.5 Å². The molecular weight excluding hydrogens is 402 g/mol. The second kappa shape index (κ2) is 8.96. The minimum absolute atomic E-state index is 0.0608. The zero-order chi connectivity index (χ0) is 19.1. The predicted molar refractivity (Wildman–Crippen MR) is 103 cm³/mol. The summed E-state index contributed by atoms with van der Waals surface area (Å²) < 4.78 is 11.6. The van der Waals surface area contributed by atoms with E-state index in [-0.39, 0.29) is 11.5 Å². The number of ketones is 1. The lowest BCUT2D eigenvalue weighted by Gasteiger charge is -2.12. The number of nitro benzene ring substituents is 1. The quantitative estimate of drug-likeness (QED) is 0.202. The van der Waals surface area contributed by atoms with Crippen LogP contribution in [0.2, 0.25) is 0 Å². The lowest BCUT2D eigenvalue weighted by atomic mass is 10.1. The van der Waals surface area contributed by atoms with E-state index in [1.54, 1.807) is 24.3 Å². The van der Waals surface area contributed by atoms with Crippen LogP contribution in [-0.2, 0) is 0 Å². The first-order valence-electron chi connectivity index (χ1n) is 7.54. The molecular formula is C19H16BrNO5. The van der Waals surface area contributed by atoms with Crippen LogP contribution in [0.3, 0.4) is 0 Å². The molecule has 2 rings (SSSR count). The Hall–Kier alpha value is -2.93. The molecule has 2 aromatic rings. The van der Waals surface area contributed by atoms with E-state index >= 15 is 0 Å². The molecule has 0 aliphatic carbocycles. The Morgan fingerprint density at radius 1 is 1.31 bits per heavy atom. The van der Waals surface area contributed by atoms with E-state index in [0.29, 0.717) is 28.1 Å². The van der Waals surface area contributed by atoms with E-state index in [2.05, 4.69) is 22.5 Å². The van der Waals surface area contributed by atoms with Gasteiger partial charge in [0.2, 0.25) is 0 Å². The molecule has 0 atom stereocenters. The molecule has 0 bridgehead atoms. The highest BCUT2D eigenvalue weighted by atomic mass is 79.9. The van der Waals surface area contributed by atoms with Crippen LogP contribution in [0, 0.1) is 10.1 Å². The number of allylic oxidation sites excluding steroid dienone is 1. The van der Waals surface area contributed by atoms with Gasteiger partial charge in [0.25, 0.3) is 5.69 Å². The number of carbonyl (C=O) groups excluding carboxylic acids is 1. The second-order valence-corrected chi connectivity index (χ2v) is 5.99. The number of halogens is 1. The molecule has 2 aromatic carbocycles. The van der Waals surface area contributed by atoms with Gasteiger partial charge in [-0.15, -0.1) is 0 Å². The van der Waals surface area contributed by atoms with Gasteiger partial charge in [0, 0.05) is 17.7 Å². The van der Waals surface area contributed by atoms with Crippen LogP contribution in [0.4, 0.5) is 5.69 Å².